The van der Waals surface area contributed by atoms with Gasteiger partial charge in [-0.2, -0.15) is 0 Å². The SMILES string of the molecule is COC(=O)C1=COC(O[C@H]2O[C@@H](CO)[C@H](O)[C@@H](O)[C@@H]2O)C(O)(C(=O)O)C1C(=O)O. The molecule has 0 aromatic carbocycles. The minimum Gasteiger partial charge on any atom is -0.481 e. The molecule has 2 heterocycles. The van der Waals surface area contributed by atoms with E-state index in [0.29, 0.717) is 6.26 Å². The second-order valence-electron chi connectivity index (χ2n) is 6.27. The van der Waals surface area contributed by atoms with E-state index < -0.39 is 78.6 Å². The van der Waals surface area contributed by atoms with Gasteiger partial charge < -0.3 is 54.7 Å². The first-order valence-electron chi connectivity index (χ1n) is 8.09. The second-order valence-corrected chi connectivity index (χ2v) is 6.27. The van der Waals surface area contributed by atoms with Crippen LogP contribution in [0.25, 0.3) is 0 Å². The Morgan fingerprint density at radius 1 is 1.14 bits per heavy atom. The highest BCUT2D eigenvalue weighted by molar-refractivity contribution is 5.99. The number of methoxy groups -OCH3 is 1. The van der Waals surface area contributed by atoms with Crippen LogP contribution in [-0.4, -0.2) is 110 Å². The average Bonchev–Trinajstić information content (AvgIpc) is 2.68. The minimum absolute atomic E-state index is 0.511. The normalized spacial score (nSPS) is 39.8. The van der Waals surface area contributed by atoms with E-state index in [2.05, 4.69) is 4.74 Å². The lowest BCUT2D eigenvalue weighted by Gasteiger charge is -2.44. The summed E-state index contributed by atoms with van der Waals surface area (Å²) in [5.74, 6) is -7.79. The Morgan fingerprint density at radius 3 is 2.24 bits per heavy atom. The van der Waals surface area contributed by atoms with E-state index in [-0.39, 0.29) is 0 Å². The summed E-state index contributed by atoms with van der Waals surface area (Å²) in [7, 11) is 0.887. The Labute approximate surface area is 162 Å². The van der Waals surface area contributed by atoms with Gasteiger partial charge in [-0.25, -0.2) is 9.59 Å². The largest absolute Gasteiger partial charge is 0.481 e. The molecule has 164 valence electrons. The number of carboxylic acids is 2. The number of aliphatic hydroxyl groups is 5. The zero-order valence-corrected chi connectivity index (χ0v) is 14.8. The van der Waals surface area contributed by atoms with Crippen LogP contribution in [0.4, 0.5) is 0 Å². The van der Waals surface area contributed by atoms with Crippen LogP contribution in [0.1, 0.15) is 0 Å². The van der Waals surface area contributed by atoms with Crippen molar-refractivity contribution >= 4 is 17.9 Å². The van der Waals surface area contributed by atoms with Crippen molar-refractivity contribution in [2.24, 2.45) is 5.92 Å². The summed E-state index contributed by atoms with van der Waals surface area (Å²) in [5.41, 5.74) is -4.23. The van der Waals surface area contributed by atoms with Crippen LogP contribution < -0.4 is 0 Å². The van der Waals surface area contributed by atoms with Crippen LogP contribution in [0.2, 0.25) is 0 Å². The van der Waals surface area contributed by atoms with Crippen LogP contribution in [0.5, 0.6) is 0 Å². The molecule has 1 saturated heterocycles. The fourth-order valence-corrected chi connectivity index (χ4v) is 2.95. The van der Waals surface area contributed by atoms with Crippen molar-refractivity contribution in [1.82, 2.24) is 0 Å². The Hall–Kier alpha value is -2.33. The number of carboxylic acid groups (broad SMARTS) is 2. The molecule has 0 spiro atoms. The van der Waals surface area contributed by atoms with Crippen molar-refractivity contribution in [2.45, 2.75) is 42.6 Å². The molecule has 1 fully saturated rings. The number of carbonyl (C=O) groups is 3. The van der Waals surface area contributed by atoms with Crippen molar-refractivity contribution in [3.05, 3.63) is 11.8 Å². The van der Waals surface area contributed by atoms with Crippen LogP contribution in [0.15, 0.2) is 11.8 Å². The lowest BCUT2D eigenvalue weighted by Crippen LogP contribution is -2.65. The van der Waals surface area contributed by atoms with Crippen LogP contribution in [-0.2, 0) is 33.3 Å². The molecule has 14 heteroatoms. The maximum Gasteiger partial charge on any atom is 0.343 e. The molecular weight excluding hydrogens is 404 g/mol. The first-order valence-corrected chi connectivity index (χ1v) is 8.09. The quantitative estimate of drug-likeness (QED) is 0.200. The minimum atomic E-state index is -3.40. The van der Waals surface area contributed by atoms with Crippen LogP contribution in [0.3, 0.4) is 0 Å². The third kappa shape index (κ3) is 3.91. The summed E-state index contributed by atoms with van der Waals surface area (Å²) in [6.45, 7) is -0.830. The molecule has 29 heavy (non-hydrogen) atoms. The number of aliphatic hydroxyl groups excluding tert-OH is 4. The Balaban J connectivity index is 2.41. The van der Waals surface area contributed by atoms with Gasteiger partial charge in [-0.05, 0) is 0 Å². The highest BCUT2D eigenvalue weighted by Crippen LogP contribution is 2.38. The smallest absolute Gasteiger partial charge is 0.343 e. The molecule has 2 aliphatic rings. The first kappa shape index (κ1) is 23.0. The Kier molecular flexibility index (Phi) is 6.79. The third-order valence-electron chi connectivity index (χ3n) is 4.55. The number of hydrogen-bond donors (Lipinski definition) is 7. The molecule has 0 bridgehead atoms. The summed E-state index contributed by atoms with van der Waals surface area (Å²) in [4.78, 5) is 35.1. The van der Waals surface area contributed by atoms with E-state index in [0.717, 1.165) is 7.11 Å². The van der Waals surface area contributed by atoms with Crippen molar-refractivity contribution in [3.8, 4) is 0 Å². The summed E-state index contributed by atoms with van der Waals surface area (Å²) in [6, 6.07) is 0. The molecular formula is C15H20O14. The Morgan fingerprint density at radius 2 is 1.76 bits per heavy atom. The van der Waals surface area contributed by atoms with Gasteiger partial charge in [-0.3, -0.25) is 4.79 Å². The molecule has 2 rings (SSSR count). The number of aliphatic carboxylic acids is 2. The fourth-order valence-electron chi connectivity index (χ4n) is 2.95. The third-order valence-corrected chi connectivity index (χ3v) is 4.55. The molecule has 7 N–H and O–H groups in total. The summed E-state index contributed by atoms with van der Waals surface area (Å²) in [6.07, 6.45) is -10.9. The van der Waals surface area contributed by atoms with E-state index in [1.807, 2.05) is 0 Å². The predicted octanol–water partition coefficient (Wildman–Crippen LogP) is -4.27. The monoisotopic (exact) mass is 424 g/mol. The van der Waals surface area contributed by atoms with Gasteiger partial charge in [0.1, 0.15) is 30.3 Å². The van der Waals surface area contributed by atoms with E-state index in [1.165, 1.54) is 0 Å². The summed E-state index contributed by atoms with van der Waals surface area (Å²) < 4.78 is 19.3. The number of carbonyl (C=O) groups excluding carboxylic acids is 1. The molecule has 14 nitrogen and oxygen atoms in total. The molecule has 0 amide bonds. The van der Waals surface area contributed by atoms with E-state index in [4.69, 9.17) is 14.2 Å². The summed E-state index contributed by atoms with van der Waals surface area (Å²) in [5, 5.41) is 68.2. The molecule has 3 unspecified atom stereocenters. The van der Waals surface area contributed by atoms with Crippen LogP contribution >= 0.6 is 0 Å². The zero-order valence-electron chi connectivity index (χ0n) is 14.8. The van der Waals surface area contributed by atoms with Gasteiger partial charge in [0.05, 0.1) is 25.6 Å². The predicted molar refractivity (Wildman–Crippen MR) is 83.5 cm³/mol. The van der Waals surface area contributed by atoms with Gasteiger partial charge in [0.2, 0.25) is 11.9 Å². The highest BCUT2D eigenvalue weighted by Gasteiger charge is 2.63. The van der Waals surface area contributed by atoms with Crippen molar-refractivity contribution in [2.75, 3.05) is 13.7 Å². The van der Waals surface area contributed by atoms with Gasteiger partial charge in [-0.1, -0.05) is 0 Å². The van der Waals surface area contributed by atoms with E-state index >= 15 is 0 Å². The molecule has 0 aliphatic carbocycles. The first-order chi connectivity index (χ1) is 13.5. The van der Waals surface area contributed by atoms with Crippen molar-refractivity contribution < 1.29 is 69.1 Å². The van der Waals surface area contributed by atoms with Gasteiger partial charge in [0.15, 0.2) is 6.29 Å². The van der Waals surface area contributed by atoms with Crippen molar-refractivity contribution in [1.29, 1.82) is 0 Å². The lowest BCUT2D eigenvalue weighted by molar-refractivity contribution is -0.355. The lowest BCUT2D eigenvalue weighted by atomic mass is 9.79. The highest BCUT2D eigenvalue weighted by atomic mass is 16.8. The number of hydrogen-bond acceptors (Lipinski definition) is 12. The van der Waals surface area contributed by atoms with E-state index in [9.17, 15) is 50.1 Å². The average molecular weight is 424 g/mol. The standard InChI is InChI=1S/C15H20O14/c1-26-11(22)4-3-27-14(15(25,13(23)24)6(4)10(20)21)29-12-9(19)8(18)7(17)5(2-16)28-12/h3,5-9,12,14,16-19,25H,2H2,1H3,(H,20,21)(H,23,24)/t5-,6?,7-,8+,9-,12+,14?,15?/m0/s1. The topological polar surface area (TPSA) is 230 Å². The molecule has 0 saturated carbocycles. The zero-order chi connectivity index (χ0) is 22.1. The van der Waals surface area contributed by atoms with Crippen LogP contribution in [0, 0.1) is 5.92 Å². The molecule has 0 aromatic rings. The number of rotatable bonds is 6. The summed E-state index contributed by atoms with van der Waals surface area (Å²) >= 11 is 0. The van der Waals surface area contributed by atoms with Crippen molar-refractivity contribution in [3.63, 3.8) is 0 Å². The maximum atomic E-state index is 11.8. The van der Waals surface area contributed by atoms with E-state index in [1.54, 1.807) is 0 Å². The van der Waals surface area contributed by atoms with Gasteiger partial charge in [-0.15, -0.1) is 0 Å². The fraction of sp³-hybridized carbons (Fsp3) is 0.667. The number of ether oxygens (including phenoxy) is 4. The molecule has 0 radical (unpaired) electrons. The molecule has 0 aromatic heterocycles. The number of esters is 1. The molecule has 2 aliphatic heterocycles. The Bertz CT molecular complexity index is 689. The van der Waals surface area contributed by atoms with Gasteiger partial charge >= 0.3 is 17.9 Å². The van der Waals surface area contributed by atoms with Gasteiger partial charge in [0, 0.05) is 0 Å². The van der Waals surface area contributed by atoms with Gasteiger partial charge in [0.25, 0.3) is 0 Å². The second kappa shape index (κ2) is 8.58. The molecule has 8 atom stereocenters. The maximum absolute atomic E-state index is 11.8.